The van der Waals surface area contributed by atoms with E-state index >= 15 is 0 Å². The molecule has 0 aliphatic carbocycles. The zero-order valence-corrected chi connectivity index (χ0v) is 13.3. The predicted molar refractivity (Wildman–Crippen MR) is 87.1 cm³/mol. The lowest BCUT2D eigenvalue weighted by molar-refractivity contribution is -0.393. The molecule has 0 saturated heterocycles. The van der Waals surface area contributed by atoms with Crippen molar-refractivity contribution >= 4 is 17.1 Å². The first-order chi connectivity index (χ1) is 11.1. The maximum absolute atomic E-state index is 10.9. The zero-order valence-electron chi connectivity index (χ0n) is 13.3. The normalized spacial score (nSPS) is 11.0. The second-order valence-electron chi connectivity index (χ2n) is 5.27. The minimum atomic E-state index is -0.685. The van der Waals surface area contributed by atoms with E-state index in [0.717, 1.165) is 25.3 Å². The maximum Gasteiger partial charge on any atom is 0.303 e. The summed E-state index contributed by atoms with van der Waals surface area (Å²) >= 11 is 0. The number of nitro benzene ring substituents is 2. The van der Waals surface area contributed by atoms with E-state index in [1.165, 1.54) is 37.8 Å². The molecule has 126 valence electrons. The molecule has 0 bridgehead atoms. The number of azo groups is 1. The van der Waals surface area contributed by atoms with Gasteiger partial charge in [0.05, 0.1) is 22.5 Å². The van der Waals surface area contributed by atoms with Crippen LogP contribution in [-0.4, -0.2) is 16.4 Å². The van der Waals surface area contributed by atoms with Crippen LogP contribution in [0.1, 0.15) is 51.9 Å². The van der Waals surface area contributed by atoms with Crippen LogP contribution in [0.2, 0.25) is 0 Å². The molecule has 0 radical (unpaired) electrons. The topological polar surface area (TPSA) is 111 Å². The molecule has 0 fully saturated rings. The molecule has 1 aromatic carbocycles. The molecule has 0 N–H and O–H groups in total. The first kappa shape index (κ1) is 18.7. The highest BCUT2D eigenvalue weighted by molar-refractivity contribution is 5.61. The van der Waals surface area contributed by atoms with E-state index in [-0.39, 0.29) is 11.4 Å². The lowest BCUT2D eigenvalue weighted by Crippen LogP contribution is -1.92. The minimum Gasteiger partial charge on any atom is -0.258 e. The Balaban J connectivity index is 2.47. The van der Waals surface area contributed by atoms with Gasteiger partial charge in [-0.15, -0.1) is 5.11 Å². The van der Waals surface area contributed by atoms with Crippen molar-refractivity contribution < 1.29 is 9.85 Å². The Morgan fingerprint density at radius 3 is 2.22 bits per heavy atom. The summed E-state index contributed by atoms with van der Waals surface area (Å²) in [6.45, 7) is 2.68. The summed E-state index contributed by atoms with van der Waals surface area (Å²) in [5.41, 5.74) is -0.686. The molecule has 23 heavy (non-hydrogen) atoms. The van der Waals surface area contributed by atoms with Crippen molar-refractivity contribution in [3.8, 4) is 0 Å². The highest BCUT2D eigenvalue weighted by Crippen LogP contribution is 2.31. The Labute approximate surface area is 134 Å². The molecule has 1 rings (SSSR count). The molecule has 0 spiro atoms. The molecular weight excluding hydrogens is 300 g/mol. The van der Waals surface area contributed by atoms with Crippen LogP contribution in [-0.2, 0) is 0 Å². The number of nitrogens with zero attached hydrogens (tertiary/aromatic N) is 4. The number of rotatable bonds is 11. The summed E-state index contributed by atoms with van der Waals surface area (Å²) in [4.78, 5) is 20.2. The van der Waals surface area contributed by atoms with Crippen LogP contribution in [0.25, 0.3) is 0 Å². The van der Waals surface area contributed by atoms with E-state index in [9.17, 15) is 20.2 Å². The molecule has 0 atom stereocenters. The minimum absolute atomic E-state index is 0.0449. The van der Waals surface area contributed by atoms with Gasteiger partial charge in [-0.2, -0.15) is 5.11 Å². The number of benzene rings is 1. The predicted octanol–water partition coefficient (Wildman–Crippen LogP) is 5.34. The van der Waals surface area contributed by atoms with Gasteiger partial charge in [0.2, 0.25) is 0 Å². The third-order valence-corrected chi connectivity index (χ3v) is 3.41. The monoisotopic (exact) mass is 322 g/mol. The molecule has 0 amide bonds. The SMILES string of the molecule is CCCCCCCCCN=Nc1ccc([N+](=O)[O-])cc1[N+](=O)[O-]. The summed E-state index contributed by atoms with van der Waals surface area (Å²) in [6, 6.07) is 3.35. The molecule has 1 aromatic rings. The number of nitro groups is 2. The van der Waals surface area contributed by atoms with Crippen LogP contribution < -0.4 is 0 Å². The lowest BCUT2D eigenvalue weighted by atomic mass is 10.1. The van der Waals surface area contributed by atoms with Gasteiger partial charge in [-0.1, -0.05) is 45.4 Å². The van der Waals surface area contributed by atoms with E-state index in [4.69, 9.17) is 0 Å². The average Bonchev–Trinajstić information content (AvgIpc) is 2.53. The molecule has 0 aliphatic heterocycles. The van der Waals surface area contributed by atoms with Gasteiger partial charge in [0.25, 0.3) is 5.69 Å². The van der Waals surface area contributed by atoms with E-state index in [0.29, 0.717) is 6.54 Å². The van der Waals surface area contributed by atoms with E-state index in [1.54, 1.807) is 0 Å². The smallest absolute Gasteiger partial charge is 0.258 e. The maximum atomic E-state index is 10.9. The van der Waals surface area contributed by atoms with E-state index in [1.807, 2.05) is 0 Å². The van der Waals surface area contributed by atoms with Crippen LogP contribution in [0.5, 0.6) is 0 Å². The number of hydrogen-bond acceptors (Lipinski definition) is 6. The second-order valence-corrected chi connectivity index (χ2v) is 5.27. The van der Waals surface area contributed by atoms with Gasteiger partial charge < -0.3 is 0 Å². The highest BCUT2D eigenvalue weighted by atomic mass is 16.6. The van der Waals surface area contributed by atoms with E-state index < -0.39 is 15.5 Å². The quantitative estimate of drug-likeness (QED) is 0.237. The summed E-state index contributed by atoms with van der Waals surface area (Å²) in [5, 5.41) is 29.4. The molecular formula is C15H22N4O4. The highest BCUT2D eigenvalue weighted by Gasteiger charge is 2.19. The van der Waals surface area contributed by atoms with Crippen LogP contribution >= 0.6 is 0 Å². The van der Waals surface area contributed by atoms with Crippen molar-refractivity contribution in [1.29, 1.82) is 0 Å². The van der Waals surface area contributed by atoms with Gasteiger partial charge in [0, 0.05) is 6.07 Å². The first-order valence-corrected chi connectivity index (χ1v) is 7.86. The third-order valence-electron chi connectivity index (χ3n) is 3.41. The Hall–Kier alpha value is -2.38. The largest absolute Gasteiger partial charge is 0.303 e. The van der Waals surface area contributed by atoms with Crippen molar-refractivity contribution in [3.63, 3.8) is 0 Å². The molecule has 0 aromatic heterocycles. The Kier molecular flexibility index (Phi) is 8.41. The van der Waals surface area contributed by atoms with Gasteiger partial charge in [-0.3, -0.25) is 20.2 Å². The average molecular weight is 322 g/mol. The fraction of sp³-hybridized carbons (Fsp3) is 0.600. The summed E-state index contributed by atoms with van der Waals surface area (Å²) in [5.74, 6) is 0. The van der Waals surface area contributed by atoms with Gasteiger partial charge in [-0.25, -0.2) is 0 Å². The number of unbranched alkanes of at least 4 members (excludes halogenated alkanes) is 6. The fourth-order valence-electron chi connectivity index (χ4n) is 2.12. The molecule has 0 heterocycles. The van der Waals surface area contributed by atoms with Crippen molar-refractivity contribution in [3.05, 3.63) is 38.4 Å². The Bertz CT molecular complexity index is 560. The van der Waals surface area contributed by atoms with Crippen LogP contribution in [0.3, 0.4) is 0 Å². The third kappa shape index (κ3) is 6.94. The fourth-order valence-corrected chi connectivity index (χ4v) is 2.12. The second kappa shape index (κ2) is 10.4. The standard InChI is InChI=1S/C15H22N4O4/c1-2-3-4-5-6-7-8-11-16-17-14-10-9-13(18(20)21)12-15(14)19(22)23/h9-10,12H,2-8,11H2,1H3. The van der Waals surface area contributed by atoms with Crippen molar-refractivity contribution in [1.82, 2.24) is 0 Å². The molecule has 8 heteroatoms. The number of hydrogen-bond donors (Lipinski definition) is 0. The summed E-state index contributed by atoms with van der Waals surface area (Å²) in [7, 11) is 0. The van der Waals surface area contributed by atoms with Gasteiger partial charge in [0.15, 0.2) is 5.69 Å². The van der Waals surface area contributed by atoms with Crippen molar-refractivity contribution in [2.45, 2.75) is 51.9 Å². The van der Waals surface area contributed by atoms with Crippen LogP contribution in [0.15, 0.2) is 28.4 Å². The van der Waals surface area contributed by atoms with Gasteiger partial charge in [-0.05, 0) is 12.5 Å². The molecule has 0 saturated carbocycles. The van der Waals surface area contributed by atoms with Gasteiger partial charge in [0.1, 0.15) is 0 Å². The number of non-ortho nitro benzene ring substituents is 1. The summed E-state index contributed by atoms with van der Waals surface area (Å²) < 4.78 is 0. The lowest BCUT2D eigenvalue weighted by Gasteiger charge is -1.99. The molecule has 8 nitrogen and oxygen atoms in total. The van der Waals surface area contributed by atoms with Crippen LogP contribution in [0.4, 0.5) is 17.1 Å². The van der Waals surface area contributed by atoms with Crippen molar-refractivity contribution in [2.24, 2.45) is 10.2 Å². The molecule has 0 unspecified atom stereocenters. The molecule has 0 aliphatic rings. The van der Waals surface area contributed by atoms with Crippen LogP contribution in [0, 0.1) is 20.2 Å². The first-order valence-electron chi connectivity index (χ1n) is 7.86. The van der Waals surface area contributed by atoms with E-state index in [2.05, 4.69) is 17.2 Å². The summed E-state index contributed by atoms with van der Waals surface area (Å²) in [6.07, 6.45) is 8.08. The Morgan fingerprint density at radius 1 is 0.957 bits per heavy atom. The van der Waals surface area contributed by atoms with Crippen molar-refractivity contribution in [2.75, 3.05) is 6.54 Å². The Morgan fingerprint density at radius 2 is 1.61 bits per heavy atom. The zero-order chi connectivity index (χ0) is 17.1. The van der Waals surface area contributed by atoms with Gasteiger partial charge >= 0.3 is 5.69 Å².